The van der Waals surface area contributed by atoms with Crippen molar-refractivity contribution in [2.75, 3.05) is 20.1 Å². The van der Waals surface area contributed by atoms with Crippen LogP contribution >= 0.6 is 0 Å². The van der Waals surface area contributed by atoms with Gasteiger partial charge in [-0.25, -0.2) is 8.78 Å². The molecule has 0 fully saturated rings. The van der Waals surface area contributed by atoms with Crippen molar-refractivity contribution in [2.45, 2.75) is 19.9 Å². The molecule has 0 saturated heterocycles. The first-order valence-corrected chi connectivity index (χ1v) is 5.85. The lowest BCUT2D eigenvalue weighted by Gasteiger charge is -2.21. The van der Waals surface area contributed by atoms with Crippen molar-refractivity contribution < 1.29 is 8.78 Å². The van der Waals surface area contributed by atoms with Gasteiger partial charge in [0.15, 0.2) is 0 Å². The first-order chi connectivity index (χ1) is 8.02. The smallest absolute Gasteiger partial charge is 0.130 e. The Morgan fingerprint density at radius 3 is 2.65 bits per heavy atom. The standard InChI is InChI=1S/C13H20F2N2/c1-10(5-6-16)8-17(2)9-11-3-4-12(14)7-13(11)15/h3-4,7,10H,5-6,8-9,16H2,1-2H3. The summed E-state index contributed by atoms with van der Waals surface area (Å²) in [6.07, 6.45) is 0.955. The molecule has 0 radical (unpaired) electrons. The highest BCUT2D eigenvalue weighted by atomic mass is 19.1. The van der Waals surface area contributed by atoms with E-state index >= 15 is 0 Å². The number of halogens is 2. The molecule has 0 bridgehead atoms. The van der Waals surface area contributed by atoms with Gasteiger partial charge in [-0.15, -0.1) is 0 Å². The summed E-state index contributed by atoms with van der Waals surface area (Å²) in [6, 6.07) is 3.71. The van der Waals surface area contributed by atoms with Crippen molar-refractivity contribution in [3.8, 4) is 0 Å². The SMILES string of the molecule is CC(CCN)CN(C)Cc1ccc(F)cc1F. The summed E-state index contributed by atoms with van der Waals surface area (Å²) in [7, 11) is 1.93. The maximum atomic E-state index is 13.4. The van der Waals surface area contributed by atoms with Gasteiger partial charge in [0.2, 0.25) is 0 Å². The Morgan fingerprint density at radius 1 is 1.35 bits per heavy atom. The fraction of sp³-hybridized carbons (Fsp3) is 0.538. The van der Waals surface area contributed by atoms with Crippen molar-refractivity contribution in [1.29, 1.82) is 0 Å². The average Bonchev–Trinajstić information content (AvgIpc) is 2.22. The molecule has 0 aromatic heterocycles. The van der Waals surface area contributed by atoms with Crippen LogP contribution in [0.2, 0.25) is 0 Å². The first kappa shape index (κ1) is 14.1. The van der Waals surface area contributed by atoms with Crippen molar-refractivity contribution in [1.82, 2.24) is 4.90 Å². The normalized spacial score (nSPS) is 13.1. The van der Waals surface area contributed by atoms with Crippen molar-refractivity contribution in [3.63, 3.8) is 0 Å². The molecule has 0 heterocycles. The molecule has 17 heavy (non-hydrogen) atoms. The molecular weight excluding hydrogens is 222 g/mol. The summed E-state index contributed by atoms with van der Waals surface area (Å²) in [4.78, 5) is 2.02. The lowest BCUT2D eigenvalue weighted by atomic mass is 10.1. The van der Waals surface area contributed by atoms with Gasteiger partial charge in [-0.1, -0.05) is 13.0 Å². The van der Waals surface area contributed by atoms with Gasteiger partial charge in [0.05, 0.1) is 0 Å². The van der Waals surface area contributed by atoms with Crippen LogP contribution in [0.3, 0.4) is 0 Å². The largest absolute Gasteiger partial charge is 0.330 e. The Morgan fingerprint density at radius 2 is 2.06 bits per heavy atom. The molecule has 96 valence electrons. The summed E-state index contributed by atoms with van der Waals surface area (Å²) < 4.78 is 26.1. The van der Waals surface area contributed by atoms with E-state index in [1.165, 1.54) is 12.1 Å². The fourth-order valence-corrected chi connectivity index (χ4v) is 1.91. The van der Waals surface area contributed by atoms with Crippen molar-refractivity contribution >= 4 is 0 Å². The first-order valence-electron chi connectivity index (χ1n) is 5.85. The van der Waals surface area contributed by atoms with Crippen LogP contribution in [0.25, 0.3) is 0 Å². The van der Waals surface area contributed by atoms with Gasteiger partial charge >= 0.3 is 0 Å². The van der Waals surface area contributed by atoms with Crippen LogP contribution in [0.1, 0.15) is 18.9 Å². The van der Waals surface area contributed by atoms with E-state index in [-0.39, 0.29) is 0 Å². The highest BCUT2D eigenvalue weighted by molar-refractivity contribution is 5.18. The van der Waals surface area contributed by atoms with Crippen LogP contribution in [0.15, 0.2) is 18.2 Å². The molecule has 0 aliphatic heterocycles. The molecule has 2 nitrogen and oxygen atoms in total. The van der Waals surface area contributed by atoms with Gasteiger partial charge in [0.25, 0.3) is 0 Å². The predicted molar refractivity (Wildman–Crippen MR) is 65.5 cm³/mol. The molecule has 0 saturated carbocycles. The zero-order chi connectivity index (χ0) is 12.8. The molecule has 4 heteroatoms. The quantitative estimate of drug-likeness (QED) is 0.830. The number of hydrogen-bond donors (Lipinski definition) is 1. The summed E-state index contributed by atoms with van der Waals surface area (Å²) in [5.74, 6) is -0.540. The van der Waals surface area contributed by atoms with E-state index in [0.29, 0.717) is 24.6 Å². The Hall–Kier alpha value is -1.00. The molecule has 2 N–H and O–H groups in total. The van der Waals surface area contributed by atoms with Crippen LogP contribution in [0.5, 0.6) is 0 Å². The molecule has 0 amide bonds. The molecule has 1 atom stereocenters. The minimum absolute atomic E-state index is 0.480. The number of nitrogens with zero attached hydrogens (tertiary/aromatic N) is 1. The highest BCUT2D eigenvalue weighted by Gasteiger charge is 2.09. The number of rotatable bonds is 6. The van der Waals surface area contributed by atoms with Gasteiger partial charge in [0.1, 0.15) is 11.6 Å². The van der Waals surface area contributed by atoms with Gasteiger partial charge in [-0.05, 0) is 32.0 Å². The van der Waals surface area contributed by atoms with E-state index in [9.17, 15) is 8.78 Å². The molecule has 0 aliphatic rings. The molecule has 1 rings (SSSR count). The second kappa shape index (κ2) is 6.67. The van der Waals surface area contributed by atoms with Gasteiger partial charge in [0, 0.05) is 24.7 Å². The third-order valence-corrected chi connectivity index (χ3v) is 2.74. The van der Waals surface area contributed by atoms with Crippen LogP contribution in [-0.2, 0) is 6.54 Å². The monoisotopic (exact) mass is 242 g/mol. The second-order valence-electron chi connectivity index (χ2n) is 4.62. The van der Waals surface area contributed by atoms with Crippen molar-refractivity contribution in [2.24, 2.45) is 11.7 Å². The summed E-state index contributed by atoms with van der Waals surface area (Å²) in [5, 5.41) is 0. The number of hydrogen-bond acceptors (Lipinski definition) is 2. The summed E-state index contributed by atoms with van der Waals surface area (Å²) in [6.45, 7) is 4.12. The third-order valence-electron chi connectivity index (χ3n) is 2.74. The molecule has 1 aromatic rings. The third kappa shape index (κ3) is 4.79. The zero-order valence-corrected chi connectivity index (χ0v) is 10.4. The number of nitrogens with two attached hydrogens (primary N) is 1. The number of benzene rings is 1. The summed E-state index contributed by atoms with van der Waals surface area (Å²) >= 11 is 0. The molecular formula is C13H20F2N2. The minimum Gasteiger partial charge on any atom is -0.330 e. The second-order valence-corrected chi connectivity index (χ2v) is 4.62. The van der Waals surface area contributed by atoms with Crippen LogP contribution < -0.4 is 5.73 Å². The molecule has 1 aromatic carbocycles. The zero-order valence-electron chi connectivity index (χ0n) is 10.4. The lowest BCUT2D eigenvalue weighted by molar-refractivity contribution is 0.269. The Kier molecular flexibility index (Phi) is 5.51. The molecule has 0 aliphatic carbocycles. The van der Waals surface area contributed by atoms with Gasteiger partial charge in [-0.2, -0.15) is 0 Å². The van der Waals surface area contributed by atoms with Crippen LogP contribution in [0, 0.1) is 17.6 Å². The van der Waals surface area contributed by atoms with E-state index in [1.54, 1.807) is 0 Å². The molecule has 0 spiro atoms. The fourth-order valence-electron chi connectivity index (χ4n) is 1.91. The Bertz CT molecular complexity index is 355. The highest BCUT2D eigenvalue weighted by Crippen LogP contribution is 2.12. The average molecular weight is 242 g/mol. The van der Waals surface area contributed by atoms with E-state index < -0.39 is 11.6 Å². The molecule has 1 unspecified atom stereocenters. The van der Waals surface area contributed by atoms with Gasteiger partial charge < -0.3 is 10.6 Å². The van der Waals surface area contributed by atoms with Crippen molar-refractivity contribution in [3.05, 3.63) is 35.4 Å². The topological polar surface area (TPSA) is 29.3 Å². The maximum Gasteiger partial charge on any atom is 0.130 e. The Balaban J connectivity index is 2.52. The van der Waals surface area contributed by atoms with E-state index in [0.717, 1.165) is 19.0 Å². The van der Waals surface area contributed by atoms with Crippen LogP contribution in [0.4, 0.5) is 8.78 Å². The summed E-state index contributed by atoms with van der Waals surface area (Å²) in [5.41, 5.74) is 6.00. The van der Waals surface area contributed by atoms with E-state index in [1.807, 2.05) is 11.9 Å². The van der Waals surface area contributed by atoms with Crippen LogP contribution in [-0.4, -0.2) is 25.0 Å². The van der Waals surface area contributed by atoms with Gasteiger partial charge in [-0.3, -0.25) is 0 Å². The Labute approximate surface area is 101 Å². The lowest BCUT2D eigenvalue weighted by Crippen LogP contribution is -2.25. The predicted octanol–water partition coefficient (Wildman–Crippen LogP) is 2.38. The van der Waals surface area contributed by atoms with E-state index in [4.69, 9.17) is 5.73 Å². The maximum absolute atomic E-state index is 13.4. The minimum atomic E-state index is -0.537. The van der Waals surface area contributed by atoms with E-state index in [2.05, 4.69) is 6.92 Å².